The van der Waals surface area contributed by atoms with E-state index in [0.717, 1.165) is 49.0 Å². The van der Waals surface area contributed by atoms with Crippen LogP contribution in [0.15, 0.2) is 53.7 Å². The second-order valence-corrected chi connectivity index (χ2v) is 7.67. The Morgan fingerprint density at radius 1 is 0.882 bits per heavy atom. The van der Waals surface area contributed by atoms with E-state index in [0.29, 0.717) is 25.6 Å². The minimum Gasteiger partial charge on any atom is -0.494 e. The lowest BCUT2D eigenvalue weighted by molar-refractivity contribution is -0.0608. The molecule has 0 heterocycles. The van der Waals surface area contributed by atoms with Crippen molar-refractivity contribution in [1.29, 1.82) is 0 Å². The molecule has 0 saturated heterocycles. The summed E-state index contributed by atoms with van der Waals surface area (Å²) in [5.41, 5.74) is 0.905. The van der Waals surface area contributed by atoms with Gasteiger partial charge >= 0.3 is 6.18 Å². The molecule has 0 radical (unpaired) electrons. The maximum atomic E-state index is 13.0. The minimum absolute atomic E-state index is 0.0816. The van der Waals surface area contributed by atoms with Crippen LogP contribution in [0.4, 0.5) is 13.2 Å². The number of unbranched alkanes of at least 4 members (excludes halogenated alkanes) is 2. The molecule has 0 saturated carbocycles. The van der Waals surface area contributed by atoms with Gasteiger partial charge in [-0.25, -0.2) is 0 Å². The Morgan fingerprint density at radius 3 is 2.06 bits per heavy atom. The van der Waals surface area contributed by atoms with Crippen LogP contribution in [0.5, 0.6) is 17.2 Å². The summed E-state index contributed by atoms with van der Waals surface area (Å²) in [7, 11) is 1.08. The molecule has 186 valence electrons. The summed E-state index contributed by atoms with van der Waals surface area (Å²) in [6, 6.07) is 9.57. The fraction of sp³-hybridized carbons (Fsp3) is 0.423. The van der Waals surface area contributed by atoms with Gasteiger partial charge in [-0.1, -0.05) is 17.3 Å². The van der Waals surface area contributed by atoms with Crippen LogP contribution in [-0.4, -0.2) is 38.8 Å². The summed E-state index contributed by atoms with van der Waals surface area (Å²) in [5, 5.41) is 3.08. The van der Waals surface area contributed by atoms with Crippen molar-refractivity contribution >= 4 is 5.71 Å². The van der Waals surface area contributed by atoms with Crippen LogP contribution in [-0.2, 0) is 4.84 Å². The third kappa shape index (κ3) is 8.65. The van der Waals surface area contributed by atoms with E-state index in [4.69, 9.17) is 14.2 Å². The molecule has 5 nitrogen and oxygen atoms in total. The maximum absolute atomic E-state index is 13.0. The molecule has 8 heteroatoms. The van der Waals surface area contributed by atoms with Crippen LogP contribution in [0, 0.1) is 13.8 Å². The van der Waals surface area contributed by atoms with Crippen LogP contribution in [0.3, 0.4) is 0 Å². The monoisotopic (exact) mass is 479 g/mol. The van der Waals surface area contributed by atoms with Crippen molar-refractivity contribution in [3.05, 3.63) is 65.2 Å². The highest BCUT2D eigenvalue weighted by atomic mass is 19.4. The number of alkyl halides is 3. The summed E-state index contributed by atoms with van der Waals surface area (Å²) < 4.78 is 56.3. The molecular weight excluding hydrogens is 447 g/mol. The zero-order valence-corrected chi connectivity index (χ0v) is 20.1. The van der Waals surface area contributed by atoms with Gasteiger partial charge in [-0.3, -0.25) is 0 Å². The Hall–Kier alpha value is -3.16. The first-order chi connectivity index (χ1) is 16.3. The quantitative estimate of drug-likeness (QED) is 0.137. The van der Waals surface area contributed by atoms with E-state index in [-0.39, 0.29) is 5.56 Å². The Bertz CT molecular complexity index is 931. The van der Waals surface area contributed by atoms with E-state index in [2.05, 4.69) is 9.99 Å². The van der Waals surface area contributed by atoms with Crippen molar-refractivity contribution in [1.82, 2.24) is 0 Å². The number of aryl methyl sites for hydroxylation is 2. The van der Waals surface area contributed by atoms with Gasteiger partial charge in [-0.15, -0.1) is 0 Å². The maximum Gasteiger partial charge on any atom is 0.437 e. The standard InChI is InChI=1S/C26H32F3NO4/c1-5-6-14-33-23-17-19(2)24(20(3)18-23)34-16-9-7-8-15-32-22-12-10-21(11-13-22)25(30-31-4)26(27,28)29/h5-6,10-13,17-18H,7-9,14-16H2,1-4H3/b6-5+,30-25-. The highest BCUT2D eigenvalue weighted by molar-refractivity contribution is 6.04. The van der Waals surface area contributed by atoms with Crippen molar-refractivity contribution in [3.63, 3.8) is 0 Å². The number of halogens is 3. The first-order valence-electron chi connectivity index (χ1n) is 11.2. The van der Waals surface area contributed by atoms with Crippen LogP contribution in [0.25, 0.3) is 0 Å². The summed E-state index contributed by atoms with van der Waals surface area (Å²) in [4.78, 5) is 4.31. The number of benzene rings is 2. The number of hydrogen-bond donors (Lipinski definition) is 0. The van der Waals surface area contributed by atoms with E-state index < -0.39 is 11.9 Å². The summed E-state index contributed by atoms with van der Waals surface area (Å²) in [6.45, 7) is 7.56. The summed E-state index contributed by atoms with van der Waals surface area (Å²) >= 11 is 0. The van der Waals surface area contributed by atoms with E-state index in [1.54, 1.807) is 0 Å². The normalized spacial score (nSPS) is 12.1. The molecule has 0 aliphatic heterocycles. The number of hydrogen-bond acceptors (Lipinski definition) is 5. The van der Waals surface area contributed by atoms with Gasteiger partial charge in [0, 0.05) is 5.56 Å². The van der Waals surface area contributed by atoms with Gasteiger partial charge in [0.25, 0.3) is 0 Å². The molecule has 0 aliphatic carbocycles. The van der Waals surface area contributed by atoms with Gasteiger partial charge in [0.15, 0.2) is 5.71 Å². The van der Waals surface area contributed by atoms with Gasteiger partial charge in [-0.2, -0.15) is 13.2 Å². The molecule has 0 spiro atoms. The second kappa shape index (κ2) is 13.5. The molecule has 2 rings (SSSR count). The van der Waals surface area contributed by atoms with Crippen LogP contribution in [0.2, 0.25) is 0 Å². The first kappa shape index (κ1) is 27.1. The van der Waals surface area contributed by atoms with Crippen LogP contribution >= 0.6 is 0 Å². The second-order valence-electron chi connectivity index (χ2n) is 7.67. The third-order valence-electron chi connectivity index (χ3n) is 4.90. The fourth-order valence-corrected chi connectivity index (χ4v) is 3.28. The predicted molar refractivity (Wildman–Crippen MR) is 127 cm³/mol. The van der Waals surface area contributed by atoms with Crippen LogP contribution < -0.4 is 14.2 Å². The van der Waals surface area contributed by atoms with E-state index in [1.165, 1.54) is 24.3 Å². The molecule has 0 bridgehead atoms. The molecule has 2 aromatic carbocycles. The average molecular weight is 480 g/mol. The number of ether oxygens (including phenoxy) is 3. The lowest BCUT2D eigenvalue weighted by Crippen LogP contribution is -2.24. The molecule has 0 aromatic heterocycles. The highest BCUT2D eigenvalue weighted by Crippen LogP contribution is 2.29. The van der Waals surface area contributed by atoms with Crippen molar-refractivity contribution in [2.24, 2.45) is 5.16 Å². The van der Waals surface area contributed by atoms with Gasteiger partial charge < -0.3 is 19.0 Å². The topological polar surface area (TPSA) is 49.3 Å². The predicted octanol–water partition coefficient (Wildman–Crippen LogP) is 6.80. The van der Waals surface area contributed by atoms with E-state index in [9.17, 15) is 13.2 Å². The van der Waals surface area contributed by atoms with Crippen molar-refractivity contribution < 1.29 is 32.2 Å². The average Bonchev–Trinajstić information content (AvgIpc) is 2.78. The molecule has 0 amide bonds. The smallest absolute Gasteiger partial charge is 0.437 e. The van der Waals surface area contributed by atoms with Crippen LogP contribution in [0.1, 0.15) is 42.9 Å². The highest BCUT2D eigenvalue weighted by Gasteiger charge is 2.37. The van der Waals surface area contributed by atoms with Gasteiger partial charge in [0.05, 0.1) is 13.2 Å². The lowest BCUT2D eigenvalue weighted by atomic mass is 10.1. The number of oxime groups is 1. The zero-order chi connectivity index (χ0) is 25.0. The first-order valence-corrected chi connectivity index (χ1v) is 11.2. The fourth-order valence-electron chi connectivity index (χ4n) is 3.28. The van der Waals surface area contributed by atoms with E-state index >= 15 is 0 Å². The largest absolute Gasteiger partial charge is 0.494 e. The molecule has 0 fully saturated rings. The number of allylic oxidation sites excluding steroid dienone is 1. The molecule has 0 aliphatic rings. The molecule has 0 atom stereocenters. The molecular formula is C26H32F3NO4. The molecule has 0 N–H and O–H groups in total. The molecule has 34 heavy (non-hydrogen) atoms. The number of rotatable bonds is 13. The minimum atomic E-state index is -4.60. The molecule has 2 aromatic rings. The third-order valence-corrected chi connectivity index (χ3v) is 4.90. The lowest BCUT2D eigenvalue weighted by Gasteiger charge is -2.14. The summed E-state index contributed by atoms with van der Waals surface area (Å²) in [5.74, 6) is 2.21. The Kier molecular flexibility index (Phi) is 10.8. The SMILES string of the molecule is C/C=C/COc1cc(C)c(OCCCCCOc2ccc(/C(=N/OC)C(F)(F)F)cc2)c(C)c1. The van der Waals surface area contributed by atoms with Crippen molar-refractivity contribution in [2.45, 2.75) is 46.2 Å². The number of nitrogens with zero attached hydrogens (tertiary/aromatic N) is 1. The van der Waals surface area contributed by atoms with Crippen molar-refractivity contribution in [3.8, 4) is 17.2 Å². The molecule has 0 unspecified atom stereocenters. The van der Waals surface area contributed by atoms with Gasteiger partial charge in [0.1, 0.15) is 31.0 Å². The van der Waals surface area contributed by atoms with E-state index in [1.807, 2.05) is 45.1 Å². The Morgan fingerprint density at radius 2 is 1.50 bits per heavy atom. The Labute approximate surface area is 199 Å². The van der Waals surface area contributed by atoms with Crippen molar-refractivity contribution in [2.75, 3.05) is 26.9 Å². The summed E-state index contributed by atoms with van der Waals surface area (Å²) in [6.07, 6.45) is 1.88. The Balaban J connectivity index is 1.72. The van der Waals surface area contributed by atoms with Gasteiger partial charge in [0.2, 0.25) is 0 Å². The zero-order valence-electron chi connectivity index (χ0n) is 20.1. The van der Waals surface area contributed by atoms with Gasteiger partial charge in [-0.05, 0) is 87.6 Å².